The molecule has 0 aliphatic carbocycles. The fourth-order valence-corrected chi connectivity index (χ4v) is 3.07. The molecule has 0 bridgehead atoms. The first kappa shape index (κ1) is 18.8. The molecule has 2 heterocycles. The number of carboxylic acid groups (broad SMARTS) is 1. The molecule has 3 rings (SSSR count). The molecule has 3 aromatic rings. The average Bonchev–Trinajstić information content (AvgIpc) is 2.94. The fraction of sp³-hybridized carbons (Fsp3) is 0.118. The monoisotopic (exact) mass is 406 g/mol. The molecule has 1 aromatic carbocycles. The summed E-state index contributed by atoms with van der Waals surface area (Å²) in [4.78, 5) is 30.4. The van der Waals surface area contributed by atoms with Gasteiger partial charge in [0, 0.05) is 27.9 Å². The van der Waals surface area contributed by atoms with Crippen LogP contribution in [0, 0.1) is 17.0 Å². The van der Waals surface area contributed by atoms with Crippen molar-refractivity contribution in [3.05, 3.63) is 73.8 Å². The van der Waals surface area contributed by atoms with E-state index in [1.54, 1.807) is 25.1 Å². The Morgan fingerprint density at radius 1 is 1.30 bits per heavy atom. The van der Waals surface area contributed by atoms with Crippen molar-refractivity contribution in [2.75, 3.05) is 0 Å². The molecule has 8 nitrogen and oxygen atoms in total. The van der Waals surface area contributed by atoms with Crippen molar-refractivity contribution in [3.63, 3.8) is 0 Å². The van der Waals surface area contributed by atoms with Gasteiger partial charge in [-0.25, -0.2) is 9.78 Å². The summed E-state index contributed by atoms with van der Waals surface area (Å²) in [6.45, 7) is 1.62. The number of rotatable bonds is 5. The fourth-order valence-electron chi connectivity index (χ4n) is 2.70. The third-order valence-electron chi connectivity index (χ3n) is 3.87. The Kier molecular flexibility index (Phi) is 5.11. The third-order valence-corrected chi connectivity index (χ3v) is 4.48. The van der Waals surface area contributed by atoms with Gasteiger partial charge in [-0.3, -0.25) is 15.1 Å². The number of imidazole rings is 1. The Balaban J connectivity index is 2.20. The number of halogens is 2. The number of nitrogens with zero attached hydrogens (tertiary/aromatic N) is 4. The highest BCUT2D eigenvalue weighted by Gasteiger charge is 2.23. The molecule has 10 heteroatoms. The van der Waals surface area contributed by atoms with E-state index in [1.807, 2.05) is 0 Å². The highest BCUT2D eigenvalue weighted by Crippen LogP contribution is 2.28. The first-order valence-electron chi connectivity index (χ1n) is 7.62. The molecule has 0 saturated heterocycles. The maximum atomic E-state index is 11.8. The minimum Gasteiger partial charge on any atom is -0.477 e. The van der Waals surface area contributed by atoms with E-state index in [0.29, 0.717) is 21.2 Å². The number of carboxylic acids is 1. The standard InChI is InChI=1S/C17H12Cl2N4O4/c1-9-15(17(24)25)22(8-11-4-12(18)2-3-14(11)19)16(21-9)10-5-13(23(26)27)7-20-6-10/h2-7H,8H2,1H3,(H,24,25). The number of aromatic nitrogens is 3. The molecule has 0 atom stereocenters. The summed E-state index contributed by atoms with van der Waals surface area (Å²) in [7, 11) is 0. The summed E-state index contributed by atoms with van der Waals surface area (Å²) in [5.74, 6) is -0.945. The zero-order valence-corrected chi connectivity index (χ0v) is 15.4. The number of hydrogen-bond donors (Lipinski definition) is 1. The molecule has 0 saturated carbocycles. The van der Waals surface area contributed by atoms with Gasteiger partial charge in [0.2, 0.25) is 0 Å². The van der Waals surface area contributed by atoms with E-state index in [1.165, 1.54) is 16.8 Å². The molecular weight excluding hydrogens is 395 g/mol. The van der Waals surface area contributed by atoms with Crippen LogP contribution in [0.2, 0.25) is 10.0 Å². The maximum absolute atomic E-state index is 11.8. The Bertz CT molecular complexity index is 1070. The molecule has 0 fully saturated rings. The number of aryl methyl sites for hydroxylation is 1. The van der Waals surface area contributed by atoms with E-state index in [9.17, 15) is 20.0 Å². The average molecular weight is 407 g/mol. The van der Waals surface area contributed by atoms with Gasteiger partial charge in [0.25, 0.3) is 5.69 Å². The number of carbonyl (C=O) groups is 1. The molecule has 0 spiro atoms. The van der Waals surface area contributed by atoms with Gasteiger partial charge in [0.15, 0.2) is 5.69 Å². The number of aromatic carboxylic acids is 1. The van der Waals surface area contributed by atoms with Gasteiger partial charge < -0.3 is 9.67 Å². The van der Waals surface area contributed by atoms with Crippen molar-refractivity contribution < 1.29 is 14.8 Å². The maximum Gasteiger partial charge on any atom is 0.354 e. The summed E-state index contributed by atoms with van der Waals surface area (Å²) >= 11 is 12.2. The Hall–Kier alpha value is -2.97. The number of nitro groups is 1. The van der Waals surface area contributed by atoms with Gasteiger partial charge in [-0.2, -0.15) is 0 Å². The molecular formula is C17H12Cl2N4O4. The third kappa shape index (κ3) is 3.76. The molecule has 2 aromatic heterocycles. The minimum atomic E-state index is -1.18. The predicted molar refractivity (Wildman–Crippen MR) is 99.4 cm³/mol. The Morgan fingerprint density at radius 2 is 2.04 bits per heavy atom. The van der Waals surface area contributed by atoms with Crippen molar-refractivity contribution in [3.8, 4) is 11.4 Å². The van der Waals surface area contributed by atoms with Crippen LogP contribution in [0.5, 0.6) is 0 Å². The van der Waals surface area contributed by atoms with E-state index < -0.39 is 10.9 Å². The second kappa shape index (κ2) is 7.34. The molecule has 0 aliphatic heterocycles. The molecule has 0 amide bonds. The smallest absolute Gasteiger partial charge is 0.354 e. The zero-order valence-electron chi connectivity index (χ0n) is 13.9. The van der Waals surface area contributed by atoms with E-state index in [-0.39, 0.29) is 29.4 Å². The van der Waals surface area contributed by atoms with Crippen molar-refractivity contribution in [1.82, 2.24) is 14.5 Å². The van der Waals surface area contributed by atoms with Crippen LogP contribution in [0.25, 0.3) is 11.4 Å². The summed E-state index contributed by atoms with van der Waals surface area (Å²) in [6.07, 6.45) is 2.49. The first-order chi connectivity index (χ1) is 12.8. The minimum absolute atomic E-state index is 0.0486. The van der Waals surface area contributed by atoms with Crippen molar-refractivity contribution in [2.24, 2.45) is 0 Å². The summed E-state index contributed by atoms with van der Waals surface area (Å²) in [5, 5.41) is 21.5. The molecule has 138 valence electrons. The first-order valence-corrected chi connectivity index (χ1v) is 8.37. The van der Waals surface area contributed by atoms with Crippen molar-refractivity contribution in [2.45, 2.75) is 13.5 Å². The number of pyridine rings is 1. The van der Waals surface area contributed by atoms with Gasteiger partial charge in [-0.1, -0.05) is 23.2 Å². The van der Waals surface area contributed by atoms with Crippen LogP contribution < -0.4 is 0 Å². The molecule has 0 unspecified atom stereocenters. The van der Waals surface area contributed by atoms with Gasteiger partial charge in [-0.15, -0.1) is 0 Å². The zero-order chi connectivity index (χ0) is 19.7. The molecule has 27 heavy (non-hydrogen) atoms. The van der Waals surface area contributed by atoms with Gasteiger partial charge >= 0.3 is 5.97 Å². The summed E-state index contributed by atoms with van der Waals surface area (Å²) < 4.78 is 1.43. The lowest BCUT2D eigenvalue weighted by Crippen LogP contribution is -2.12. The largest absolute Gasteiger partial charge is 0.477 e. The van der Waals surface area contributed by atoms with Crippen LogP contribution in [0.4, 0.5) is 5.69 Å². The van der Waals surface area contributed by atoms with Gasteiger partial charge in [0.1, 0.15) is 12.0 Å². The Labute approximate surface area is 163 Å². The lowest BCUT2D eigenvalue weighted by atomic mass is 10.2. The highest BCUT2D eigenvalue weighted by molar-refractivity contribution is 6.33. The van der Waals surface area contributed by atoms with Gasteiger partial charge in [-0.05, 0) is 30.7 Å². The number of benzene rings is 1. The van der Waals surface area contributed by atoms with E-state index in [4.69, 9.17) is 23.2 Å². The van der Waals surface area contributed by atoms with Crippen LogP contribution in [0.3, 0.4) is 0 Å². The van der Waals surface area contributed by atoms with Crippen LogP contribution in [-0.2, 0) is 6.54 Å². The molecule has 0 radical (unpaired) electrons. The summed E-state index contributed by atoms with van der Waals surface area (Å²) in [5.41, 5.74) is 0.897. The Morgan fingerprint density at radius 3 is 2.70 bits per heavy atom. The normalized spacial score (nSPS) is 10.8. The number of hydrogen-bond acceptors (Lipinski definition) is 5. The van der Waals surface area contributed by atoms with Crippen molar-refractivity contribution in [1.29, 1.82) is 0 Å². The second-order valence-electron chi connectivity index (χ2n) is 5.69. The van der Waals surface area contributed by atoms with Crippen LogP contribution >= 0.6 is 23.2 Å². The lowest BCUT2D eigenvalue weighted by molar-refractivity contribution is -0.385. The van der Waals surface area contributed by atoms with E-state index in [0.717, 1.165) is 6.20 Å². The quantitative estimate of drug-likeness (QED) is 0.501. The van der Waals surface area contributed by atoms with Crippen LogP contribution in [0.15, 0.2) is 36.7 Å². The highest BCUT2D eigenvalue weighted by atomic mass is 35.5. The second-order valence-corrected chi connectivity index (χ2v) is 6.53. The van der Waals surface area contributed by atoms with Gasteiger partial charge in [0.05, 0.1) is 17.2 Å². The molecule has 0 aliphatic rings. The van der Waals surface area contributed by atoms with E-state index in [2.05, 4.69) is 9.97 Å². The SMILES string of the molecule is Cc1nc(-c2cncc([N+](=O)[O-])c2)n(Cc2cc(Cl)ccc2Cl)c1C(=O)O. The van der Waals surface area contributed by atoms with Crippen LogP contribution in [0.1, 0.15) is 21.7 Å². The lowest BCUT2D eigenvalue weighted by Gasteiger charge is -2.12. The predicted octanol–water partition coefficient (Wildman–Crippen LogP) is 4.22. The van der Waals surface area contributed by atoms with Crippen molar-refractivity contribution >= 4 is 34.9 Å². The topological polar surface area (TPSA) is 111 Å². The van der Waals surface area contributed by atoms with Crippen LogP contribution in [-0.4, -0.2) is 30.5 Å². The molecule has 1 N–H and O–H groups in total. The summed E-state index contributed by atoms with van der Waals surface area (Å²) in [6, 6.07) is 6.14. The van der Waals surface area contributed by atoms with E-state index >= 15 is 0 Å².